The van der Waals surface area contributed by atoms with Crippen LogP contribution in [-0.2, 0) is 4.79 Å². The molecular formula is C14H20O2. The highest BCUT2D eigenvalue weighted by Crippen LogP contribution is 2.26. The second-order valence-corrected chi connectivity index (χ2v) is 4.42. The van der Waals surface area contributed by atoms with E-state index in [1.54, 1.807) is 0 Å². The van der Waals surface area contributed by atoms with E-state index in [4.69, 9.17) is 5.11 Å². The number of carboxylic acids is 1. The van der Waals surface area contributed by atoms with Gasteiger partial charge in [-0.15, -0.1) is 0 Å². The molecule has 2 atom stereocenters. The zero-order valence-electron chi connectivity index (χ0n) is 10.0. The molecule has 0 saturated heterocycles. The second kappa shape index (κ2) is 6.31. The standard InChI is InChI=1S/C14H20O2/c1-3-12(10-14(15)16)9-11(2)13-7-5-4-6-8-13/h4-8,11-12H,3,9-10H2,1-2H3,(H,15,16). The minimum atomic E-state index is -0.688. The van der Waals surface area contributed by atoms with Gasteiger partial charge in [-0.2, -0.15) is 0 Å². The Kier molecular flexibility index (Phi) is 5.03. The van der Waals surface area contributed by atoms with Crippen molar-refractivity contribution in [3.63, 3.8) is 0 Å². The lowest BCUT2D eigenvalue weighted by Crippen LogP contribution is -2.10. The molecule has 1 rings (SSSR count). The van der Waals surface area contributed by atoms with E-state index in [9.17, 15) is 4.79 Å². The van der Waals surface area contributed by atoms with Gasteiger partial charge >= 0.3 is 5.97 Å². The lowest BCUT2D eigenvalue weighted by Gasteiger charge is -2.18. The van der Waals surface area contributed by atoms with Crippen LogP contribution in [0.3, 0.4) is 0 Å². The topological polar surface area (TPSA) is 37.3 Å². The van der Waals surface area contributed by atoms with Crippen molar-refractivity contribution in [3.05, 3.63) is 35.9 Å². The van der Waals surface area contributed by atoms with Gasteiger partial charge in [0.25, 0.3) is 0 Å². The molecule has 0 radical (unpaired) electrons. The van der Waals surface area contributed by atoms with E-state index >= 15 is 0 Å². The average molecular weight is 220 g/mol. The number of rotatable bonds is 6. The van der Waals surface area contributed by atoms with Gasteiger partial charge in [0, 0.05) is 6.42 Å². The molecule has 0 aromatic heterocycles. The first-order chi connectivity index (χ1) is 7.63. The predicted molar refractivity (Wildman–Crippen MR) is 65.5 cm³/mol. The summed E-state index contributed by atoms with van der Waals surface area (Å²) in [6.07, 6.45) is 2.17. The minimum Gasteiger partial charge on any atom is -0.481 e. The van der Waals surface area contributed by atoms with E-state index in [0.29, 0.717) is 5.92 Å². The summed E-state index contributed by atoms with van der Waals surface area (Å²) in [5.41, 5.74) is 1.30. The van der Waals surface area contributed by atoms with Gasteiger partial charge in [0.1, 0.15) is 0 Å². The van der Waals surface area contributed by atoms with Gasteiger partial charge in [-0.05, 0) is 23.8 Å². The fraction of sp³-hybridized carbons (Fsp3) is 0.500. The van der Waals surface area contributed by atoms with Gasteiger partial charge in [0.05, 0.1) is 0 Å². The highest BCUT2D eigenvalue weighted by Gasteiger charge is 2.15. The van der Waals surface area contributed by atoms with Crippen LogP contribution < -0.4 is 0 Å². The molecule has 16 heavy (non-hydrogen) atoms. The molecule has 2 unspecified atom stereocenters. The van der Waals surface area contributed by atoms with Crippen LogP contribution in [0.4, 0.5) is 0 Å². The van der Waals surface area contributed by atoms with E-state index in [1.165, 1.54) is 5.56 Å². The molecule has 2 nitrogen and oxygen atoms in total. The maximum Gasteiger partial charge on any atom is 0.303 e. The van der Waals surface area contributed by atoms with E-state index in [2.05, 4.69) is 26.0 Å². The minimum absolute atomic E-state index is 0.285. The van der Waals surface area contributed by atoms with E-state index in [0.717, 1.165) is 12.8 Å². The lowest BCUT2D eigenvalue weighted by molar-refractivity contribution is -0.138. The smallest absolute Gasteiger partial charge is 0.303 e. The molecule has 0 aliphatic carbocycles. The maximum atomic E-state index is 10.7. The molecule has 1 aromatic rings. The zero-order chi connectivity index (χ0) is 12.0. The van der Waals surface area contributed by atoms with Crippen molar-refractivity contribution in [2.45, 2.75) is 39.0 Å². The number of hydrogen-bond donors (Lipinski definition) is 1. The molecule has 0 aliphatic heterocycles. The highest BCUT2D eigenvalue weighted by molar-refractivity contribution is 5.67. The molecule has 0 heterocycles. The molecule has 0 aliphatic rings. The highest BCUT2D eigenvalue weighted by atomic mass is 16.4. The fourth-order valence-corrected chi connectivity index (χ4v) is 2.06. The summed E-state index contributed by atoms with van der Waals surface area (Å²) in [7, 11) is 0. The molecule has 1 aromatic carbocycles. The summed E-state index contributed by atoms with van der Waals surface area (Å²) >= 11 is 0. The molecule has 0 spiro atoms. The molecule has 0 saturated carbocycles. The Labute approximate surface area is 97.3 Å². The Bertz CT molecular complexity index is 319. The number of aliphatic carboxylic acids is 1. The quantitative estimate of drug-likeness (QED) is 0.794. The summed E-state index contributed by atoms with van der Waals surface area (Å²) in [5, 5.41) is 8.80. The normalized spacial score (nSPS) is 14.4. The van der Waals surface area contributed by atoms with E-state index in [-0.39, 0.29) is 12.3 Å². The summed E-state index contributed by atoms with van der Waals surface area (Å²) in [6, 6.07) is 10.3. The van der Waals surface area contributed by atoms with Crippen LogP contribution in [0.2, 0.25) is 0 Å². The third-order valence-electron chi connectivity index (χ3n) is 3.10. The van der Waals surface area contributed by atoms with Crippen molar-refractivity contribution in [2.75, 3.05) is 0 Å². The van der Waals surface area contributed by atoms with Crippen LogP contribution >= 0.6 is 0 Å². The first-order valence-corrected chi connectivity index (χ1v) is 5.90. The first-order valence-electron chi connectivity index (χ1n) is 5.90. The van der Waals surface area contributed by atoms with Gasteiger partial charge in [-0.25, -0.2) is 0 Å². The third kappa shape index (κ3) is 4.05. The molecular weight excluding hydrogens is 200 g/mol. The van der Waals surface area contributed by atoms with Gasteiger partial charge in [0.2, 0.25) is 0 Å². The molecule has 1 N–H and O–H groups in total. The molecule has 88 valence electrons. The monoisotopic (exact) mass is 220 g/mol. The second-order valence-electron chi connectivity index (χ2n) is 4.42. The van der Waals surface area contributed by atoms with Crippen molar-refractivity contribution >= 4 is 5.97 Å². The van der Waals surface area contributed by atoms with Crippen molar-refractivity contribution in [3.8, 4) is 0 Å². The number of hydrogen-bond acceptors (Lipinski definition) is 1. The predicted octanol–water partition coefficient (Wildman–Crippen LogP) is 3.68. The lowest BCUT2D eigenvalue weighted by atomic mass is 9.87. The fourth-order valence-electron chi connectivity index (χ4n) is 2.06. The third-order valence-corrected chi connectivity index (χ3v) is 3.10. The Morgan fingerprint density at radius 2 is 1.94 bits per heavy atom. The number of benzene rings is 1. The van der Waals surface area contributed by atoms with Gasteiger partial charge in [-0.1, -0.05) is 50.6 Å². The average Bonchev–Trinajstić information content (AvgIpc) is 2.28. The van der Waals surface area contributed by atoms with Gasteiger partial charge in [0.15, 0.2) is 0 Å². The van der Waals surface area contributed by atoms with Crippen LogP contribution in [0.15, 0.2) is 30.3 Å². The van der Waals surface area contributed by atoms with Crippen LogP contribution in [0.5, 0.6) is 0 Å². The number of carbonyl (C=O) groups is 1. The molecule has 2 heteroatoms. The van der Waals surface area contributed by atoms with Crippen molar-refractivity contribution in [1.29, 1.82) is 0 Å². The maximum absolute atomic E-state index is 10.7. The van der Waals surface area contributed by atoms with Crippen molar-refractivity contribution in [1.82, 2.24) is 0 Å². The van der Waals surface area contributed by atoms with Crippen LogP contribution in [-0.4, -0.2) is 11.1 Å². The van der Waals surface area contributed by atoms with Crippen molar-refractivity contribution in [2.24, 2.45) is 5.92 Å². The Hall–Kier alpha value is -1.31. The summed E-state index contributed by atoms with van der Waals surface area (Å²) in [6.45, 7) is 4.23. The van der Waals surface area contributed by atoms with Gasteiger partial charge in [-0.3, -0.25) is 4.79 Å². The molecule has 0 amide bonds. The van der Waals surface area contributed by atoms with E-state index < -0.39 is 5.97 Å². The van der Waals surface area contributed by atoms with Crippen LogP contribution in [0.1, 0.15) is 44.6 Å². The van der Waals surface area contributed by atoms with Crippen molar-refractivity contribution < 1.29 is 9.90 Å². The van der Waals surface area contributed by atoms with Crippen LogP contribution in [0.25, 0.3) is 0 Å². The number of carboxylic acid groups (broad SMARTS) is 1. The Morgan fingerprint density at radius 1 is 1.31 bits per heavy atom. The molecule has 0 fully saturated rings. The van der Waals surface area contributed by atoms with E-state index in [1.807, 2.05) is 18.2 Å². The zero-order valence-corrected chi connectivity index (χ0v) is 10.0. The van der Waals surface area contributed by atoms with Gasteiger partial charge < -0.3 is 5.11 Å². The Morgan fingerprint density at radius 3 is 2.44 bits per heavy atom. The summed E-state index contributed by atoms with van der Waals surface area (Å²) in [4.78, 5) is 10.7. The van der Waals surface area contributed by atoms with Crippen LogP contribution in [0, 0.1) is 5.92 Å². The summed E-state index contributed by atoms with van der Waals surface area (Å²) < 4.78 is 0. The first kappa shape index (κ1) is 12.8. The molecule has 0 bridgehead atoms. The Balaban J connectivity index is 2.55. The summed E-state index contributed by atoms with van der Waals surface area (Å²) in [5.74, 6) is 0.0327. The largest absolute Gasteiger partial charge is 0.481 e. The SMILES string of the molecule is CCC(CC(=O)O)CC(C)c1ccccc1.